The Morgan fingerprint density at radius 3 is 2.54 bits per heavy atom. The molecule has 0 bridgehead atoms. The first-order chi connectivity index (χ1) is 6.19. The molecule has 72 valence electrons. The highest BCUT2D eigenvalue weighted by Crippen LogP contribution is 2.29. The lowest BCUT2D eigenvalue weighted by atomic mass is 10.1. The molecule has 1 unspecified atom stereocenters. The number of hydrogen-bond acceptors (Lipinski definition) is 2. The Morgan fingerprint density at radius 2 is 2.00 bits per heavy atom. The average Bonchev–Trinajstić information content (AvgIpc) is 2.16. The molecule has 0 saturated carbocycles. The Hall–Kier alpha value is -0.540. The maximum atomic E-state index is 5.23. The van der Waals surface area contributed by atoms with Gasteiger partial charge in [-0.1, -0.05) is 15.9 Å². The van der Waals surface area contributed by atoms with Crippen LogP contribution in [0.3, 0.4) is 0 Å². The third-order valence-electron chi connectivity index (χ3n) is 1.98. The largest absolute Gasteiger partial charge is 0.496 e. The average molecular weight is 245 g/mol. The fraction of sp³-hybridized carbons (Fsp3) is 0.400. The number of benzene rings is 1. The van der Waals surface area contributed by atoms with Crippen molar-refractivity contribution in [3.63, 3.8) is 0 Å². The van der Waals surface area contributed by atoms with Crippen LogP contribution >= 0.6 is 15.9 Å². The fourth-order valence-electron chi connectivity index (χ4n) is 1.15. The van der Waals surface area contributed by atoms with E-state index in [0.717, 1.165) is 15.8 Å². The van der Waals surface area contributed by atoms with Gasteiger partial charge in [0.05, 0.1) is 13.2 Å². The smallest absolute Gasteiger partial charge is 0.124 e. The van der Waals surface area contributed by atoms with E-state index >= 15 is 0 Å². The summed E-state index contributed by atoms with van der Waals surface area (Å²) in [5.41, 5.74) is 1.05. The zero-order valence-electron chi connectivity index (χ0n) is 8.00. The first kappa shape index (κ1) is 10.5. The summed E-state index contributed by atoms with van der Waals surface area (Å²) in [6, 6.07) is 5.88. The Bertz CT molecular complexity index is 286. The van der Waals surface area contributed by atoms with Gasteiger partial charge in [-0.05, 0) is 25.1 Å². The van der Waals surface area contributed by atoms with E-state index in [9.17, 15) is 0 Å². The molecule has 0 aliphatic carbocycles. The van der Waals surface area contributed by atoms with E-state index in [-0.39, 0.29) is 6.10 Å². The van der Waals surface area contributed by atoms with Crippen molar-refractivity contribution in [1.82, 2.24) is 0 Å². The van der Waals surface area contributed by atoms with Crippen LogP contribution in [0, 0.1) is 0 Å². The van der Waals surface area contributed by atoms with Crippen molar-refractivity contribution in [2.75, 3.05) is 14.2 Å². The highest BCUT2D eigenvalue weighted by atomic mass is 79.9. The molecule has 0 aromatic heterocycles. The van der Waals surface area contributed by atoms with Gasteiger partial charge in [0.2, 0.25) is 0 Å². The molecule has 1 aromatic carbocycles. The summed E-state index contributed by atoms with van der Waals surface area (Å²) < 4.78 is 11.5. The predicted molar refractivity (Wildman–Crippen MR) is 56.1 cm³/mol. The van der Waals surface area contributed by atoms with Crippen LogP contribution in [0.25, 0.3) is 0 Å². The second-order valence-corrected chi connectivity index (χ2v) is 3.68. The monoisotopic (exact) mass is 244 g/mol. The minimum Gasteiger partial charge on any atom is -0.496 e. The molecular formula is C10H13BrO2. The Morgan fingerprint density at radius 1 is 1.31 bits per heavy atom. The SMILES string of the molecule is COc1ccc(Br)cc1C(C)OC. The third-order valence-corrected chi connectivity index (χ3v) is 2.48. The van der Waals surface area contributed by atoms with Crippen LogP contribution < -0.4 is 4.74 Å². The zero-order valence-corrected chi connectivity index (χ0v) is 9.59. The summed E-state index contributed by atoms with van der Waals surface area (Å²) in [6.07, 6.45) is 0.0486. The minimum atomic E-state index is 0.0486. The maximum absolute atomic E-state index is 5.23. The van der Waals surface area contributed by atoms with Crippen LogP contribution in [0.4, 0.5) is 0 Å². The number of ether oxygens (including phenoxy) is 2. The van der Waals surface area contributed by atoms with Crippen LogP contribution in [0.5, 0.6) is 5.75 Å². The normalized spacial score (nSPS) is 12.6. The number of rotatable bonds is 3. The van der Waals surface area contributed by atoms with E-state index in [1.165, 1.54) is 0 Å². The molecule has 2 nitrogen and oxygen atoms in total. The van der Waals surface area contributed by atoms with Crippen molar-refractivity contribution in [2.45, 2.75) is 13.0 Å². The third kappa shape index (κ3) is 2.45. The summed E-state index contributed by atoms with van der Waals surface area (Å²) in [4.78, 5) is 0. The van der Waals surface area contributed by atoms with Crippen LogP contribution in [-0.4, -0.2) is 14.2 Å². The van der Waals surface area contributed by atoms with E-state index in [4.69, 9.17) is 9.47 Å². The van der Waals surface area contributed by atoms with Gasteiger partial charge >= 0.3 is 0 Å². The van der Waals surface area contributed by atoms with Crippen molar-refractivity contribution >= 4 is 15.9 Å². The second kappa shape index (κ2) is 4.63. The molecule has 0 saturated heterocycles. The Labute approximate surface area is 87.0 Å². The molecule has 0 spiro atoms. The molecule has 1 rings (SSSR count). The zero-order chi connectivity index (χ0) is 9.84. The summed E-state index contributed by atoms with van der Waals surface area (Å²) in [5, 5.41) is 0. The second-order valence-electron chi connectivity index (χ2n) is 2.76. The molecule has 3 heteroatoms. The first-order valence-electron chi connectivity index (χ1n) is 4.05. The van der Waals surface area contributed by atoms with E-state index in [1.54, 1.807) is 14.2 Å². The molecule has 0 radical (unpaired) electrons. The molecule has 0 aliphatic rings. The van der Waals surface area contributed by atoms with Crippen molar-refractivity contribution < 1.29 is 9.47 Å². The molecule has 0 N–H and O–H groups in total. The summed E-state index contributed by atoms with van der Waals surface area (Å²) in [6.45, 7) is 1.99. The lowest BCUT2D eigenvalue weighted by Crippen LogP contribution is -1.99. The lowest BCUT2D eigenvalue weighted by Gasteiger charge is -2.14. The molecule has 0 aliphatic heterocycles. The van der Waals surface area contributed by atoms with E-state index in [1.807, 2.05) is 25.1 Å². The lowest BCUT2D eigenvalue weighted by molar-refractivity contribution is 0.117. The highest BCUT2D eigenvalue weighted by molar-refractivity contribution is 9.10. The molecular weight excluding hydrogens is 232 g/mol. The number of hydrogen-bond donors (Lipinski definition) is 0. The van der Waals surface area contributed by atoms with Crippen LogP contribution in [0.2, 0.25) is 0 Å². The standard InChI is InChI=1S/C10H13BrO2/c1-7(12-2)9-6-8(11)4-5-10(9)13-3/h4-7H,1-3H3. The molecule has 0 amide bonds. The predicted octanol–water partition coefficient (Wildman–Crippen LogP) is 3.17. The minimum absolute atomic E-state index is 0.0486. The topological polar surface area (TPSA) is 18.5 Å². The molecule has 1 atom stereocenters. The van der Waals surface area contributed by atoms with Gasteiger partial charge in [-0.25, -0.2) is 0 Å². The van der Waals surface area contributed by atoms with E-state index < -0.39 is 0 Å². The summed E-state index contributed by atoms with van der Waals surface area (Å²) in [5.74, 6) is 0.859. The first-order valence-corrected chi connectivity index (χ1v) is 4.84. The molecule has 13 heavy (non-hydrogen) atoms. The van der Waals surface area contributed by atoms with Gasteiger partial charge in [0.15, 0.2) is 0 Å². The van der Waals surface area contributed by atoms with Gasteiger partial charge in [-0.2, -0.15) is 0 Å². The van der Waals surface area contributed by atoms with Gasteiger partial charge in [0.1, 0.15) is 5.75 Å². The van der Waals surface area contributed by atoms with Crippen molar-refractivity contribution in [2.24, 2.45) is 0 Å². The number of methoxy groups -OCH3 is 2. The molecule has 1 aromatic rings. The maximum Gasteiger partial charge on any atom is 0.124 e. The quantitative estimate of drug-likeness (QED) is 0.814. The van der Waals surface area contributed by atoms with Crippen molar-refractivity contribution in [1.29, 1.82) is 0 Å². The van der Waals surface area contributed by atoms with E-state index in [0.29, 0.717) is 0 Å². The van der Waals surface area contributed by atoms with Crippen LogP contribution in [0.15, 0.2) is 22.7 Å². The molecule has 0 heterocycles. The van der Waals surface area contributed by atoms with Gasteiger partial charge in [0.25, 0.3) is 0 Å². The van der Waals surface area contributed by atoms with Gasteiger partial charge in [-0.15, -0.1) is 0 Å². The summed E-state index contributed by atoms with van der Waals surface area (Å²) in [7, 11) is 3.35. The highest BCUT2D eigenvalue weighted by Gasteiger charge is 2.10. The van der Waals surface area contributed by atoms with Crippen molar-refractivity contribution in [3.8, 4) is 5.75 Å². The molecule has 0 fully saturated rings. The Balaban J connectivity index is 3.07. The van der Waals surface area contributed by atoms with E-state index in [2.05, 4.69) is 15.9 Å². The Kier molecular flexibility index (Phi) is 3.75. The number of halogens is 1. The van der Waals surface area contributed by atoms with Crippen molar-refractivity contribution in [3.05, 3.63) is 28.2 Å². The van der Waals surface area contributed by atoms with Crippen LogP contribution in [0.1, 0.15) is 18.6 Å². The van der Waals surface area contributed by atoms with Gasteiger partial charge < -0.3 is 9.47 Å². The van der Waals surface area contributed by atoms with Crippen LogP contribution in [-0.2, 0) is 4.74 Å². The van der Waals surface area contributed by atoms with Gasteiger partial charge in [-0.3, -0.25) is 0 Å². The fourth-order valence-corrected chi connectivity index (χ4v) is 1.53. The summed E-state index contributed by atoms with van der Waals surface area (Å²) >= 11 is 3.41. The van der Waals surface area contributed by atoms with Gasteiger partial charge in [0, 0.05) is 17.1 Å².